The zero-order valence-electron chi connectivity index (χ0n) is 12.3. The second kappa shape index (κ2) is 6.16. The van der Waals surface area contributed by atoms with Crippen molar-refractivity contribution in [1.82, 2.24) is 14.5 Å². The van der Waals surface area contributed by atoms with Gasteiger partial charge in [-0.25, -0.2) is 4.98 Å². The van der Waals surface area contributed by atoms with Crippen molar-refractivity contribution in [3.05, 3.63) is 39.4 Å². The molecule has 5 heteroatoms. The SMILES string of the molecule is Cc1nc2ccc(Cl)cc2c(=O)n1CCN1CCCCC1. The fraction of sp³-hybridized carbons (Fsp3) is 0.500. The van der Waals surface area contributed by atoms with Crippen molar-refractivity contribution < 1.29 is 0 Å². The summed E-state index contributed by atoms with van der Waals surface area (Å²) >= 11 is 6.00. The first-order valence-electron chi connectivity index (χ1n) is 7.54. The lowest BCUT2D eigenvalue weighted by Gasteiger charge is -2.26. The zero-order valence-corrected chi connectivity index (χ0v) is 13.1. The number of aromatic nitrogens is 2. The van der Waals surface area contributed by atoms with Gasteiger partial charge in [0.25, 0.3) is 5.56 Å². The molecular weight excluding hydrogens is 286 g/mol. The van der Waals surface area contributed by atoms with Crippen molar-refractivity contribution in [3.63, 3.8) is 0 Å². The Balaban J connectivity index is 1.88. The van der Waals surface area contributed by atoms with Gasteiger partial charge in [0.2, 0.25) is 0 Å². The smallest absolute Gasteiger partial charge is 0.261 e. The lowest BCUT2D eigenvalue weighted by molar-refractivity contribution is 0.219. The molecule has 2 aromatic rings. The van der Waals surface area contributed by atoms with E-state index in [0.29, 0.717) is 17.0 Å². The molecule has 0 radical (unpaired) electrons. The molecule has 2 heterocycles. The number of nitrogens with zero attached hydrogens (tertiary/aromatic N) is 3. The van der Waals surface area contributed by atoms with Crippen LogP contribution in [0, 0.1) is 6.92 Å². The minimum atomic E-state index is 0.0111. The second-order valence-corrected chi connectivity index (χ2v) is 6.12. The summed E-state index contributed by atoms with van der Waals surface area (Å²) in [6.45, 7) is 5.78. The summed E-state index contributed by atoms with van der Waals surface area (Å²) in [4.78, 5) is 19.6. The predicted molar refractivity (Wildman–Crippen MR) is 86.0 cm³/mol. The Kier molecular flexibility index (Phi) is 4.27. The van der Waals surface area contributed by atoms with Gasteiger partial charge >= 0.3 is 0 Å². The van der Waals surface area contributed by atoms with Gasteiger partial charge in [0, 0.05) is 18.1 Å². The summed E-state index contributed by atoms with van der Waals surface area (Å²) in [5, 5.41) is 1.18. The third kappa shape index (κ3) is 3.11. The van der Waals surface area contributed by atoms with Gasteiger partial charge in [-0.2, -0.15) is 0 Å². The summed E-state index contributed by atoms with van der Waals surface area (Å²) in [6.07, 6.45) is 3.85. The van der Waals surface area contributed by atoms with Crippen LogP contribution in [0.2, 0.25) is 5.02 Å². The lowest BCUT2D eigenvalue weighted by Crippen LogP contribution is -2.35. The van der Waals surface area contributed by atoms with Crippen LogP contribution in [0.1, 0.15) is 25.1 Å². The van der Waals surface area contributed by atoms with Gasteiger partial charge in [-0.15, -0.1) is 0 Å². The van der Waals surface area contributed by atoms with Crippen LogP contribution in [0.25, 0.3) is 10.9 Å². The van der Waals surface area contributed by atoms with Gasteiger partial charge < -0.3 is 4.90 Å². The normalized spacial score (nSPS) is 16.5. The number of halogens is 1. The Labute approximate surface area is 129 Å². The lowest BCUT2D eigenvalue weighted by atomic mass is 10.1. The van der Waals surface area contributed by atoms with Crippen LogP contribution in [0.15, 0.2) is 23.0 Å². The van der Waals surface area contributed by atoms with Crippen molar-refractivity contribution in [2.75, 3.05) is 19.6 Å². The number of rotatable bonds is 3. The number of benzene rings is 1. The summed E-state index contributed by atoms with van der Waals surface area (Å²) in [7, 11) is 0. The van der Waals surface area contributed by atoms with E-state index in [4.69, 9.17) is 11.6 Å². The molecule has 1 aromatic heterocycles. The largest absolute Gasteiger partial charge is 0.302 e. The van der Waals surface area contributed by atoms with Gasteiger partial charge in [0.05, 0.1) is 10.9 Å². The van der Waals surface area contributed by atoms with Crippen LogP contribution in [0.4, 0.5) is 0 Å². The fourth-order valence-corrected chi connectivity index (χ4v) is 3.16. The van der Waals surface area contributed by atoms with E-state index < -0.39 is 0 Å². The molecule has 1 aliphatic rings. The fourth-order valence-electron chi connectivity index (χ4n) is 2.99. The number of hydrogen-bond acceptors (Lipinski definition) is 3. The summed E-state index contributed by atoms with van der Waals surface area (Å²) in [5.41, 5.74) is 0.730. The average Bonchev–Trinajstić information content (AvgIpc) is 2.49. The molecule has 1 fully saturated rings. The highest BCUT2D eigenvalue weighted by molar-refractivity contribution is 6.31. The van der Waals surface area contributed by atoms with E-state index in [9.17, 15) is 4.79 Å². The molecule has 0 saturated carbocycles. The third-order valence-corrected chi connectivity index (χ3v) is 4.43. The van der Waals surface area contributed by atoms with Gasteiger partial charge in [-0.3, -0.25) is 9.36 Å². The molecule has 0 unspecified atom stereocenters. The minimum absolute atomic E-state index is 0.0111. The van der Waals surface area contributed by atoms with E-state index in [1.54, 1.807) is 22.8 Å². The predicted octanol–water partition coefficient (Wildman–Crippen LogP) is 2.84. The molecule has 0 N–H and O–H groups in total. The second-order valence-electron chi connectivity index (χ2n) is 5.68. The Hall–Kier alpha value is -1.39. The summed E-state index contributed by atoms with van der Waals surface area (Å²) < 4.78 is 1.77. The number of hydrogen-bond donors (Lipinski definition) is 0. The molecule has 1 aromatic carbocycles. The maximum Gasteiger partial charge on any atom is 0.261 e. The summed E-state index contributed by atoms with van der Waals surface area (Å²) in [6, 6.07) is 5.29. The van der Waals surface area contributed by atoms with Crippen LogP contribution in [0.5, 0.6) is 0 Å². The number of piperidine rings is 1. The zero-order chi connectivity index (χ0) is 14.8. The highest BCUT2D eigenvalue weighted by Gasteiger charge is 2.12. The van der Waals surface area contributed by atoms with Crippen LogP contribution < -0.4 is 5.56 Å². The molecule has 4 nitrogen and oxygen atoms in total. The molecule has 3 rings (SSSR count). The van der Waals surface area contributed by atoms with Crippen LogP contribution in [-0.4, -0.2) is 34.1 Å². The molecule has 1 saturated heterocycles. The molecule has 21 heavy (non-hydrogen) atoms. The molecule has 0 atom stereocenters. The van der Waals surface area contributed by atoms with Crippen molar-refractivity contribution >= 4 is 22.5 Å². The van der Waals surface area contributed by atoms with Gasteiger partial charge in [-0.1, -0.05) is 18.0 Å². The Bertz CT molecular complexity index is 704. The van der Waals surface area contributed by atoms with E-state index >= 15 is 0 Å². The standard InChI is InChI=1S/C16H20ClN3O/c1-12-18-15-6-5-13(17)11-14(15)16(21)20(12)10-9-19-7-3-2-4-8-19/h5-6,11H,2-4,7-10H2,1H3. The minimum Gasteiger partial charge on any atom is -0.302 e. The van der Waals surface area contributed by atoms with Gasteiger partial charge in [0.15, 0.2) is 0 Å². The van der Waals surface area contributed by atoms with Gasteiger partial charge in [0.1, 0.15) is 5.82 Å². The highest BCUT2D eigenvalue weighted by atomic mass is 35.5. The third-order valence-electron chi connectivity index (χ3n) is 4.20. The average molecular weight is 306 g/mol. The Morgan fingerprint density at radius 3 is 2.71 bits per heavy atom. The summed E-state index contributed by atoms with van der Waals surface area (Å²) in [5.74, 6) is 0.770. The van der Waals surface area contributed by atoms with E-state index in [0.717, 1.165) is 31.0 Å². The van der Waals surface area contributed by atoms with E-state index in [1.165, 1.54) is 19.3 Å². The molecule has 0 aliphatic carbocycles. The van der Waals surface area contributed by atoms with E-state index in [2.05, 4.69) is 9.88 Å². The van der Waals surface area contributed by atoms with E-state index in [1.807, 2.05) is 6.92 Å². The highest BCUT2D eigenvalue weighted by Crippen LogP contribution is 2.15. The molecule has 0 amide bonds. The molecular formula is C16H20ClN3O. The number of likely N-dealkylation sites (tertiary alicyclic amines) is 1. The monoisotopic (exact) mass is 305 g/mol. The Morgan fingerprint density at radius 1 is 1.19 bits per heavy atom. The van der Waals surface area contributed by atoms with Crippen molar-refractivity contribution in [3.8, 4) is 0 Å². The topological polar surface area (TPSA) is 38.1 Å². The number of aryl methyl sites for hydroxylation is 1. The molecule has 1 aliphatic heterocycles. The van der Waals surface area contributed by atoms with Crippen LogP contribution in [0.3, 0.4) is 0 Å². The maximum absolute atomic E-state index is 12.6. The quantitative estimate of drug-likeness (QED) is 0.875. The maximum atomic E-state index is 12.6. The Morgan fingerprint density at radius 2 is 1.95 bits per heavy atom. The first-order chi connectivity index (χ1) is 10.1. The van der Waals surface area contributed by atoms with Crippen LogP contribution in [-0.2, 0) is 6.54 Å². The van der Waals surface area contributed by atoms with Crippen molar-refractivity contribution in [2.24, 2.45) is 0 Å². The van der Waals surface area contributed by atoms with Crippen molar-refractivity contribution in [1.29, 1.82) is 0 Å². The molecule has 0 bridgehead atoms. The molecule has 112 valence electrons. The first kappa shape index (κ1) is 14.5. The van der Waals surface area contributed by atoms with E-state index in [-0.39, 0.29) is 5.56 Å². The molecule has 0 spiro atoms. The van der Waals surface area contributed by atoms with Crippen LogP contribution >= 0.6 is 11.6 Å². The van der Waals surface area contributed by atoms with Crippen molar-refractivity contribution in [2.45, 2.75) is 32.7 Å². The first-order valence-corrected chi connectivity index (χ1v) is 7.92. The van der Waals surface area contributed by atoms with Gasteiger partial charge in [-0.05, 0) is 51.1 Å². The number of fused-ring (bicyclic) bond motifs is 1.